The van der Waals surface area contributed by atoms with Gasteiger partial charge in [0.05, 0.1) is 0 Å². The van der Waals surface area contributed by atoms with Gasteiger partial charge in [0.2, 0.25) is 0 Å². The zero-order valence-electron chi connectivity index (χ0n) is 7.31. The monoisotopic (exact) mass is 154 g/mol. The molecule has 0 fully saturated rings. The SMILES string of the molecule is C=C(C)COC(=O)C(C)=CC. The van der Waals surface area contributed by atoms with E-state index in [1.54, 1.807) is 19.9 Å². The molecule has 0 bridgehead atoms. The van der Waals surface area contributed by atoms with Crippen molar-refractivity contribution in [2.45, 2.75) is 20.8 Å². The molecule has 0 saturated carbocycles. The summed E-state index contributed by atoms with van der Waals surface area (Å²) in [5, 5.41) is 0. The molecule has 2 nitrogen and oxygen atoms in total. The van der Waals surface area contributed by atoms with Gasteiger partial charge in [-0.15, -0.1) is 0 Å². The molecule has 0 saturated heterocycles. The molecule has 0 spiro atoms. The number of esters is 1. The van der Waals surface area contributed by atoms with Crippen LogP contribution in [0.2, 0.25) is 0 Å². The lowest BCUT2D eigenvalue weighted by Gasteiger charge is -2.02. The molecule has 0 aliphatic heterocycles. The van der Waals surface area contributed by atoms with Crippen LogP contribution in [0.1, 0.15) is 20.8 Å². The lowest BCUT2D eigenvalue weighted by atomic mass is 10.3. The average molecular weight is 154 g/mol. The van der Waals surface area contributed by atoms with Crippen LogP contribution in [0.15, 0.2) is 23.8 Å². The Bertz CT molecular complexity index is 190. The Hall–Kier alpha value is -1.05. The van der Waals surface area contributed by atoms with Crippen molar-refractivity contribution >= 4 is 5.97 Å². The van der Waals surface area contributed by atoms with Gasteiger partial charge >= 0.3 is 5.97 Å². The molecule has 0 aliphatic carbocycles. The molecule has 0 radical (unpaired) electrons. The van der Waals surface area contributed by atoms with Crippen molar-refractivity contribution in [3.05, 3.63) is 23.8 Å². The molecule has 0 N–H and O–H groups in total. The fourth-order valence-electron chi connectivity index (χ4n) is 0.420. The topological polar surface area (TPSA) is 26.3 Å². The van der Waals surface area contributed by atoms with E-state index in [2.05, 4.69) is 6.58 Å². The molecule has 0 aromatic heterocycles. The predicted molar refractivity (Wildman–Crippen MR) is 45.2 cm³/mol. The summed E-state index contributed by atoms with van der Waals surface area (Å²) in [6.07, 6.45) is 1.72. The molecule has 0 rings (SSSR count). The molecule has 0 aromatic carbocycles. The molecule has 0 amide bonds. The fourth-order valence-corrected chi connectivity index (χ4v) is 0.420. The molecule has 11 heavy (non-hydrogen) atoms. The number of hydrogen-bond acceptors (Lipinski definition) is 2. The number of hydrogen-bond donors (Lipinski definition) is 0. The summed E-state index contributed by atoms with van der Waals surface area (Å²) in [6.45, 7) is 9.27. The third kappa shape index (κ3) is 4.37. The number of allylic oxidation sites excluding steroid dienone is 1. The van der Waals surface area contributed by atoms with Crippen molar-refractivity contribution < 1.29 is 9.53 Å². The smallest absolute Gasteiger partial charge is 0.333 e. The summed E-state index contributed by atoms with van der Waals surface area (Å²) in [6, 6.07) is 0. The van der Waals surface area contributed by atoms with E-state index in [0.717, 1.165) is 5.57 Å². The Kier molecular flexibility index (Phi) is 4.27. The molecular formula is C9H14O2. The Morgan fingerprint density at radius 3 is 2.45 bits per heavy atom. The van der Waals surface area contributed by atoms with Crippen molar-refractivity contribution in [3.8, 4) is 0 Å². The Morgan fingerprint density at radius 2 is 2.09 bits per heavy atom. The first-order chi connectivity index (χ1) is 5.07. The number of carbonyl (C=O) groups is 1. The second-order valence-electron chi connectivity index (χ2n) is 2.50. The van der Waals surface area contributed by atoms with Gasteiger partial charge in [0, 0.05) is 5.57 Å². The van der Waals surface area contributed by atoms with Crippen LogP contribution in [0.5, 0.6) is 0 Å². The molecule has 2 heteroatoms. The van der Waals surface area contributed by atoms with E-state index < -0.39 is 0 Å². The summed E-state index contributed by atoms with van der Waals surface area (Å²) in [7, 11) is 0. The fraction of sp³-hybridized carbons (Fsp3) is 0.444. The highest BCUT2D eigenvalue weighted by molar-refractivity contribution is 5.87. The van der Waals surface area contributed by atoms with E-state index in [4.69, 9.17) is 4.74 Å². The lowest BCUT2D eigenvalue weighted by Crippen LogP contribution is -2.06. The van der Waals surface area contributed by atoms with E-state index in [1.165, 1.54) is 0 Å². The maximum atomic E-state index is 10.9. The molecule has 62 valence electrons. The summed E-state index contributed by atoms with van der Waals surface area (Å²) in [5.74, 6) is -0.268. The van der Waals surface area contributed by atoms with Gasteiger partial charge in [-0.25, -0.2) is 4.79 Å². The van der Waals surface area contributed by atoms with Gasteiger partial charge < -0.3 is 4.74 Å². The minimum Gasteiger partial charge on any atom is -0.458 e. The number of ether oxygens (including phenoxy) is 1. The second kappa shape index (κ2) is 4.72. The highest BCUT2D eigenvalue weighted by Gasteiger charge is 2.02. The van der Waals surface area contributed by atoms with Crippen molar-refractivity contribution in [1.29, 1.82) is 0 Å². The van der Waals surface area contributed by atoms with Crippen LogP contribution in [0.3, 0.4) is 0 Å². The third-order valence-corrected chi connectivity index (χ3v) is 1.20. The van der Waals surface area contributed by atoms with Crippen LogP contribution in [0.25, 0.3) is 0 Å². The second-order valence-corrected chi connectivity index (χ2v) is 2.50. The van der Waals surface area contributed by atoms with E-state index in [1.807, 2.05) is 6.92 Å². The van der Waals surface area contributed by atoms with Crippen LogP contribution >= 0.6 is 0 Å². The van der Waals surface area contributed by atoms with Gasteiger partial charge in [-0.05, 0) is 26.3 Å². The van der Waals surface area contributed by atoms with Gasteiger partial charge in [0.15, 0.2) is 0 Å². The Balaban J connectivity index is 3.80. The Labute approximate surface area is 67.6 Å². The average Bonchev–Trinajstić information content (AvgIpc) is 1.98. The largest absolute Gasteiger partial charge is 0.458 e. The zero-order chi connectivity index (χ0) is 8.85. The summed E-state index contributed by atoms with van der Waals surface area (Å²) in [5.41, 5.74) is 1.48. The maximum absolute atomic E-state index is 10.9. The lowest BCUT2D eigenvalue weighted by molar-refractivity contribution is -0.138. The van der Waals surface area contributed by atoms with Gasteiger partial charge in [0.1, 0.15) is 6.61 Å². The Morgan fingerprint density at radius 1 is 1.55 bits per heavy atom. The van der Waals surface area contributed by atoms with E-state index >= 15 is 0 Å². The minimum atomic E-state index is -0.268. The molecule has 0 aromatic rings. The summed E-state index contributed by atoms with van der Waals surface area (Å²) in [4.78, 5) is 10.9. The molecule has 0 atom stereocenters. The van der Waals surface area contributed by atoms with Crippen molar-refractivity contribution in [3.63, 3.8) is 0 Å². The third-order valence-electron chi connectivity index (χ3n) is 1.20. The van der Waals surface area contributed by atoms with E-state index in [9.17, 15) is 4.79 Å². The van der Waals surface area contributed by atoms with E-state index in [-0.39, 0.29) is 5.97 Å². The first-order valence-electron chi connectivity index (χ1n) is 3.52. The highest BCUT2D eigenvalue weighted by atomic mass is 16.5. The van der Waals surface area contributed by atoms with Crippen molar-refractivity contribution in [2.75, 3.05) is 6.61 Å². The van der Waals surface area contributed by atoms with E-state index in [0.29, 0.717) is 12.2 Å². The minimum absolute atomic E-state index is 0.268. The molecule has 0 unspecified atom stereocenters. The normalized spacial score (nSPS) is 11.0. The molecular weight excluding hydrogens is 140 g/mol. The summed E-state index contributed by atoms with van der Waals surface area (Å²) >= 11 is 0. The van der Waals surface area contributed by atoms with Crippen LogP contribution in [0, 0.1) is 0 Å². The standard InChI is InChI=1S/C9H14O2/c1-5-8(4)9(10)11-6-7(2)3/h5H,2,6H2,1,3-4H3. The predicted octanol–water partition coefficient (Wildman–Crippen LogP) is 2.07. The van der Waals surface area contributed by atoms with Crippen molar-refractivity contribution in [1.82, 2.24) is 0 Å². The quantitative estimate of drug-likeness (QED) is 0.353. The van der Waals surface area contributed by atoms with Gasteiger partial charge in [-0.3, -0.25) is 0 Å². The zero-order valence-corrected chi connectivity index (χ0v) is 7.31. The molecule has 0 heterocycles. The van der Waals surface area contributed by atoms with Gasteiger partial charge in [-0.2, -0.15) is 0 Å². The van der Waals surface area contributed by atoms with Crippen molar-refractivity contribution in [2.24, 2.45) is 0 Å². The first kappa shape index (κ1) is 9.95. The van der Waals surface area contributed by atoms with Crippen LogP contribution < -0.4 is 0 Å². The molecule has 0 aliphatic rings. The number of rotatable bonds is 3. The highest BCUT2D eigenvalue weighted by Crippen LogP contribution is 1.97. The maximum Gasteiger partial charge on any atom is 0.333 e. The van der Waals surface area contributed by atoms with Crippen LogP contribution in [-0.2, 0) is 9.53 Å². The van der Waals surface area contributed by atoms with Crippen LogP contribution in [-0.4, -0.2) is 12.6 Å². The summed E-state index contributed by atoms with van der Waals surface area (Å²) < 4.78 is 4.85. The van der Waals surface area contributed by atoms with Crippen LogP contribution in [0.4, 0.5) is 0 Å². The number of carbonyl (C=O) groups excluding carboxylic acids is 1. The van der Waals surface area contributed by atoms with Gasteiger partial charge in [0.25, 0.3) is 0 Å². The van der Waals surface area contributed by atoms with Gasteiger partial charge in [-0.1, -0.05) is 12.7 Å². The first-order valence-corrected chi connectivity index (χ1v) is 3.52.